The van der Waals surface area contributed by atoms with Crippen molar-refractivity contribution < 1.29 is 10.0 Å². The van der Waals surface area contributed by atoms with Gasteiger partial charge in [0.15, 0.2) is 0 Å². The molecule has 1 aromatic carbocycles. The Morgan fingerprint density at radius 2 is 2.10 bits per heavy atom. The van der Waals surface area contributed by atoms with E-state index < -0.39 is 6.10 Å². The van der Waals surface area contributed by atoms with Gasteiger partial charge in [-0.2, -0.15) is 0 Å². The third-order valence-corrected chi connectivity index (χ3v) is 4.26. The molecule has 3 atom stereocenters. The van der Waals surface area contributed by atoms with Gasteiger partial charge >= 0.3 is 0 Å². The summed E-state index contributed by atoms with van der Waals surface area (Å²) >= 11 is 0. The highest BCUT2D eigenvalue weighted by Gasteiger charge is 2.34. The monoisotopic (exact) mass is 293 g/mol. The van der Waals surface area contributed by atoms with Crippen LogP contribution in [0, 0.1) is 16.0 Å². The Bertz CT molecular complexity index is 531. The summed E-state index contributed by atoms with van der Waals surface area (Å²) in [5, 5.41) is 20.9. The predicted octanol–water partition coefficient (Wildman–Crippen LogP) is 2.03. The SMILES string of the molecule is CC1CN(c2ccc([C@H](C)O)cc2[N+](=O)[O-])CC1N(C)C. The average molecular weight is 293 g/mol. The van der Waals surface area contributed by atoms with Gasteiger partial charge in [-0.3, -0.25) is 10.1 Å². The normalized spacial score (nSPS) is 23.6. The van der Waals surface area contributed by atoms with Gasteiger partial charge in [0.2, 0.25) is 0 Å². The van der Waals surface area contributed by atoms with Crippen LogP contribution >= 0.6 is 0 Å². The summed E-state index contributed by atoms with van der Waals surface area (Å²) in [7, 11) is 4.07. The molecule has 0 spiro atoms. The number of nitro benzene ring substituents is 1. The molecule has 116 valence electrons. The van der Waals surface area contributed by atoms with Crippen molar-refractivity contribution in [2.45, 2.75) is 26.0 Å². The summed E-state index contributed by atoms with van der Waals surface area (Å²) in [5.41, 5.74) is 1.28. The van der Waals surface area contributed by atoms with Crippen molar-refractivity contribution in [3.05, 3.63) is 33.9 Å². The van der Waals surface area contributed by atoms with E-state index in [4.69, 9.17) is 0 Å². The number of nitrogens with zero attached hydrogens (tertiary/aromatic N) is 3. The summed E-state index contributed by atoms with van der Waals surface area (Å²) in [6, 6.07) is 5.39. The van der Waals surface area contributed by atoms with Crippen LogP contribution < -0.4 is 4.90 Å². The minimum absolute atomic E-state index is 0.0695. The second kappa shape index (κ2) is 5.99. The molecule has 1 heterocycles. The Balaban J connectivity index is 2.34. The molecule has 1 fully saturated rings. The van der Waals surface area contributed by atoms with Crippen LogP contribution in [0.2, 0.25) is 0 Å². The Hall–Kier alpha value is -1.66. The lowest BCUT2D eigenvalue weighted by atomic mass is 10.1. The highest BCUT2D eigenvalue weighted by Crippen LogP contribution is 2.35. The zero-order valence-electron chi connectivity index (χ0n) is 13.0. The summed E-state index contributed by atoms with van der Waals surface area (Å²) < 4.78 is 0. The van der Waals surface area contributed by atoms with E-state index in [1.807, 2.05) is 14.1 Å². The van der Waals surface area contributed by atoms with Gasteiger partial charge in [0.1, 0.15) is 5.69 Å². The largest absolute Gasteiger partial charge is 0.389 e. The second-order valence-corrected chi connectivity index (χ2v) is 6.09. The molecule has 0 bridgehead atoms. The quantitative estimate of drug-likeness (QED) is 0.679. The Kier molecular flexibility index (Phi) is 4.49. The molecule has 2 unspecified atom stereocenters. The molecule has 6 nitrogen and oxygen atoms in total. The number of hydrogen-bond acceptors (Lipinski definition) is 5. The molecule has 1 saturated heterocycles. The molecule has 0 aromatic heterocycles. The number of benzene rings is 1. The lowest BCUT2D eigenvalue weighted by Crippen LogP contribution is -2.34. The van der Waals surface area contributed by atoms with Crippen LogP contribution in [0.4, 0.5) is 11.4 Å². The van der Waals surface area contributed by atoms with E-state index >= 15 is 0 Å². The summed E-state index contributed by atoms with van der Waals surface area (Å²) in [6.07, 6.45) is -0.704. The summed E-state index contributed by atoms with van der Waals surface area (Å²) in [6.45, 7) is 5.36. The minimum Gasteiger partial charge on any atom is -0.389 e. The molecule has 1 aromatic rings. The zero-order valence-corrected chi connectivity index (χ0v) is 13.0. The maximum atomic E-state index is 11.3. The van der Waals surface area contributed by atoms with E-state index in [0.717, 1.165) is 13.1 Å². The molecule has 1 N–H and O–H groups in total. The number of likely N-dealkylation sites (N-methyl/N-ethyl adjacent to an activating group) is 1. The van der Waals surface area contributed by atoms with Crippen LogP contribution in [0.5, 0.6) is 0 Å². The number of aliphatic hydroxyl groups excluding tert-OH is 1. The van der Waals surface area contributed by atoms with Crippen LogP contribution in [-0.2, 0) is 0 Å². The van der Waals surface area contributed by atoms with Crippen molar-refractivity contribution >= 4 is 11.4 Å². The van der Waals surface area contributed by atoms with E-state index in [1.165, 1.54) is 6.07 Å². The number of rotatable bonds is 4. The van der Waals surface area contributed by atoms with E-state index in [1.54, 1.807) is 19.1 Å². The predicted molar refractivity (Wildman–Crippen MR) is 82.6 cm³/mol. The van der Waals surface area contributed by atoms with Crippen LogP contribution in [0.3, 0.4) is 0 Å². The standard InChI is InChI=1S/C15H23N3O3/c1-10-8-17(9-15(10)16(3)4)13-6-5-12(11(2)19)7-14(13)18(20)21/h5-7,10-11,15,19H,8-9H2,1-4H3/t10?,11-,15?/m0/s1. The van der Waals surface area contributed by atoms with Crippen molar-refractivity contribution in [2.24, 2.45) is 5.92 Å². The lowest BCUT2D eigenvalue weighted by Gasteiger charge is -2.23. The van der Waals surface area contributed by atoms with Crippen molar-refractivity contribution in [2.75, 3.05) is 32.1 Å². The molecule has 1 aliphatic rings. The van der Waals surface area contributed by atoms with Crippen LogP contribution in [0.15, 0.2) is 18.2 Å². The van der Waals surface area contributed by atoms with Gasteiger partial charge in [-0.15, -0.1) is 0 Å². The second-order valence-electron chi connectivity index (χ2n) is 6.09. The lowest BCUT2D eigenvalue weighted by molar-refractivity contribution is -0.384. The molecule has 1 aliphatic heterocycles. The first-order valence-corrected chi connectivity index (χ1v) is 7.19. The summed E-state index contributed by atoms with van der Waals surface area (Å²) in [4.78, 5) is 15.2. The fourth-order valence-electron chi connectivity index (χ4n) is 3.03. The van der Waals surface area contributed by atoms with Crippen LogP contribution in [0.1, 0.15) is 25.5 Å². The highest BCUT2D eigenvalue weighted by molar-refractivity contribution is 5.65. The topological polar surface area (TPSA) is 69.8 Å². The van der Waals surface area contributed by atoms with Crippen LogP contribution in [0.25, 0.3) is 0 Å². The number of nitro groups is 1. The van der Waals surface area contributed by atoms with Crippen molar-refractivity contribution in [3.8, 4) is 0 Å². The van der Waals surface area contributed by atoms with Crippen LogP contribution in [-0.4, -0.2) is 48.2 Å². The first kappa shape index (κ1) is 15.7. The number of aliphatic hydroxyl groups is 1. The fraction of sp³-hybridized carbons (Fsp3) is 0.600. The van der Waals surface area contributed by atoms with Crippen molar-refractivity contribution in [1.29, 1.82) is 0 Å². The minimum atomic E-state index is -0.704. The third kappa shape index (κ3) is 3.16. The molecule has 0 radical (unpaired) electrons. The first-order chi connectivity index (χ1) is 9.81. The van der Waals surface area contributed by atoms with E-state index in [0.29, 0.717) is 23.2 Å². The van der Waals surface area contributed by atoms with E-state index in [9.17, 15) is 15.2 Å². The van der Waals surface area contributed by atoms with Gasteiger partial charge in [0.25, 0.3) is 5.69 Å². The Morgan fingerprint density at radius 3 is 2.57 bits per heavy atom. The molecule has 0 saturated carbocycles. The molecule has 0 amide bonds. The Morgan fingerprint density at radius 1 is 1.43 bits per heavy atom. The van der Waals surface area contributed by atoms with Crippen molar-refractivity contribution in [1.82, 2.24) is 4.90 Å². The Labute approximate surface area is 125 Å². The van der Waals surface area contributed by atoms with E-state index in [2.05, 4.69) is 16.7 Å². The van der Waals surface area contributed by atoms with Gasteiger partial charge in [0, 0.05) is 25.2 Å². The number of hydrogen-bond donors (Lipinski definition) is 1. The third-order valence-electron chi connectivity index (χ3n) is 4.26. The number of anilines is 1. The molecular weight excluding hydrogens is 270 g/mol. The molecule has 2 rings (SSSR count). The van der Waals surface area contributed by atoms with Gasteiger partial charge < -0.3 is 14.9 Å². The summed E-state index contributed by atoms with van der Waals surface area (Å²) in [5.74, 6) is 0.455. The van der Waals surface area contributed by atoms with Gasteiger partial charge in [-0.05, 0) is 38.6 Å². The van der Waals surface area contributed by atoms with Gasteiger partial charge in [0.05, 0.1) is 11.0 Å². The molecule has 21 heavy (non-hydrogen) atoms. The molecule has 6 heteroatoms. The average Bonchev–Trinajstić information content (AvgIpc) is 2.80. The fourth-order valence-corrected chi connectivity index (χ4v) is 3.03. The van der Waals surface area contributed by atoms with Gasteiger partial charge in [-0.1, -0.05) is 13.0 Å². The zero-order chi connectivity index (χ0) is 15.7. The molecule has 0 aliphatic carbocycles. The smallest absolute Gasteiger partial charge is 0.292 e. The first-order valence-electron chi connectivity index (χ1n) is 7.19. The van der Waals surface area contributed by atoms with Crippen molar-refractivity contribution in [3.63, 3.8) is 0 Å². The van der Waals surface area contributed by atoms with E-state index in [-0.39, 0.29) is 10.6 Å². The molecular formula is C15H23N3O3. The van der Waals surface area contributed by atoms with Gasteiger partial charge in [-0.25, -0.2) is 0 Å². The maximum Gasteiger partial charge on any atom is 0.292 e. The highest BCUT2D eigenvalue weighted by atomic mass is 16.6. The maximum absolute atomic E-state index is 11.3.